The number of fused-ring (bicyclic) bond motifs is 2. The van der Waals surface area contributed by atoms with Crippen molar-refractivity contribution >= 4 is 33.1 Å². The van der Waals surface area contributed by atoms with E-state index in [9.17, 15) is 4.79 Å². The molecule has 108 valence electrons. The van der Waals surface area contributed by atoms with E-state index in [1.54, 1.807) is 6.92 Å². The molecule has 2 aromatic heterocycles. The zero-order chi connectivity index (χ0) is 14.8. The summed E-state index contributed by atoms with van der Waals surface area (Å²) in [5.41, 5.74) is 9.14. The van der Waals surface area contributed by atoms with E-state index >= 15 is 0 Å². The third-order valence-corrected chi connectivity index (χ3v) is 4.83. The molecule has 0 aromatic carbocycles. The van der Waals surface area contributed by atoms with Crippen LogP contribution in [-0.4, -0.2) is 17.4 Å². The summed E-state index contributed by atoms with van der Waals surface area (Å²) in [6.07, 6.45) is 4.47. The second-order valence-corrected chi connectivity index (χ2v) is 6.11. The van der Waals surface area contributed by atoms with E-state index < -0.39 is 0 Å². The van der Waals surface area contributed by atoms with Crippen LogP contribution in [0.25, 0.3) is 10.2 Å². The van der Waals surface area contributed by atoms with Crippen molar-refractivity contribution in [1.29, 1.82) is 0 Å². The molecule has 0 spiro atoms. The van der Waals surface area contributed by atoms with Gasteiger partial charge in [-0.25, -0.2) is 4.98 Å². The van der Waals surface area contributed by atoms with Crippen molar-refractivity contribution < 1.29 is 4.79 Å². The topological polar surface area (TPSA) is 68.0 Å². The van der Waals surface area contributed by atoms with Gasteiger partial charge in [0.15, 0.2) is 0 Å². The van der Waals surface area contributed by atoms with Crippen LogP contribution >= 0.6 is 11.3 Å². The molecule has 0 saturated carbocycles. The SMILES string of the molecule is CC#CCNC(=O)c1sc2nc3c(cc2c1N)CCCC3. The molecule has 3 rings (SSSR count). The Bertz CT molecular complexity index is 767. The van der Waals surface area contributed by atoms with Crippen LogP contribution < -0.4 is 11.1 Å². The highest BCUT2D eigenvalue weighted by Gasteiger charge is 2.19. The predicted octanol–water partition coefficient (Wildman–Crippen LogP) is 2.51. The number of carbonyl (C=O) groups excluding carboxylic acids is 1. The average molecular weight is 299 g/mol. The van der Waals surface area contributed by atoms with Crippen molar-refractivity contribution in [3.63, 3.8) is 0 Å². The number of amides is 1. The van der Waals surface area contributed by atoms with Crippen LogP contribution in [0.15, 0.2) is 6.07 Å². The Kier molecular flexibility index (Phi) is 3.80. The number of hydrogen-bond donors (Lipinski definition) is 2. The van der Waals surface area contributed by atoms with Crippen LogP contribution in [0.2, 0.25) is 0 Å². The Hall–Kier alpha value is -2.06. The minimum absolute atomic E-state index is 0.170. The van der Waals surface area contributed by atoms with Gasteiger partial charge in [-0.05, 0) is 44.2 Å². The molecule has 2 heterocycles. The lowest BCUT2D eigenvalue weighted by Gasteiger charge is -2.14. The van der Waals surface area contributed by atoms with Crippen LogP contribution in [0.3, 0.4) is 0 Å². The van der Waals surface area contributed by atoms with E-state index in [4.69, 9.17) is 10.7 Å². The molecule has 0 radical (unpaired) electrons. The first kappa shape index (κ1) is 13.9. The second kappa shape index (κ2) is 5.74. The summed E-state index contributed by atoms with van der Waals surface area (Å²) < 4.78 is 0. The van der Waals surface area contributed by atoms with Crippen LogP contribution in [0.5, 0.6) is 0 Å². The maximum absolute atomic E-state index is 12.2. The van der Waals surface area contributed by atoms with E-state index in [1.165, 1.54) is 35.4 Å². The summed E-state index contributed by atoms with van der Waals surface area (Å²) in [6.45, 7) is 2.08. The summed E-state index contributed by atoms with van der Waals surface area (Å²) in [6, 6.07) is 2.12. The molecule has 1 aliphatic rings. The number of nitrogens with one attached hydrogen (secondary N) is 1. The molecule has 0 bridgehead atoms. The highest BCUT2D eigenvalue weighted by Crippen LogP contribution is 2.35. The monoisotopic (exact) mass is 299 g/mol. The minimum atomic E-state index is -0.170. The third kappa shape index (κ3) is 2.59. The number of aromatic nitrogens is 1. The maximum atomic E-state index is 12.2. The summed E-state index contributed by atoms with van der Waals surface area (Å²) >= 11 is 1.37. The Morgan fingerprint density at radius 3 is 3.10 bits per heavy atom. The molecule has 3 N–H and O–H groups in total. The summed E-state index contributed by atoms with van der Waals surface area (Å²) in [4.78, 5) is 18.3. The molecule has 21 heavy (non-hydrogen) atoms. The summed E-state index contributed by atoms with van der Waals surface area (Å²) in [7, 11) is 0. The van der Waals surface area contributed by atoms with E-state index in [-0.39, 0.29) is 5.91 Å². The number of nitrogens with zero attached hydrogens (tertiary/aromatic N) is 1. The number of pyridine rings is 1. The van der Waals surface area contributed by atoms with Gasteiger partial charge in [0, 0.05) is 11.1 Å². The van der Waals surface area contributed by atoms with Gasteiger partial charge in [-0.15, -0.1) is 17.3 Å². The lowest BCUT2D eigenvalue weighted by Crippen LogP contribution is -2.23. The number of hydrogen-bond acceptors (Lipinski definition) is 4. The van der Waals surface area contributed by atoms with Crippen molar-refractivity contribution in [2.45, 2.75) is 32.6 Å². The first-order chi connectivity index (χ1) is 10.2. The molecular weight excluding hydrogens is 282 g/mol. The zero-order valence-corrected chi connectivity index (χ0v) is 12.8. The van der Waals surface area contributed by atoms with Crippen molar-refractivity contribution in [2.24, 2.45) is 0 Å². The fourth-order valence-corrected chi connectivity index (χ4v) is 3.63. The van der Waals surface area contributed by atoms with Gasteiger partial charge in [0.25, 0.3) is 5.91 Å². The minimum Gasteiger partial charge on any atom is -0.397 e. The molecule has 1 amide bonds. The standard InChI is InChI=1S/C16H17N3OS/c1-2-3-8-18-15(20)14-13(17)11-9-10-6-4-5-7-12(10)19-16(11)21-14/h9H,4-8,17H2,1H3,(H,18,20). The summed E-state index contributed by atoms with van der Waals surface area (Å²) in [5, 5.41) is 3.67. The first-order valence-corrected chi connectivity index (χ1v) is 7.91. The van der Waals surface area contributed by atoms with Crippen LogP contribution in [0, 0.1) is 11.8 Å². The molecular formula is C16H17N3OS. The zero-order valence-electron chi connectivity index (χ0n) is 12.0. The van der Waals surface area contributed by atoms with E-state index in [1.807, 2.05) is 0 Å². The number of rotatable bonds is 2. The van der Waals surface area contributed by atoms with Gasteiger partial charge >= 0.3 is 0 Å². The van der Waals surface area contributed by atoms with Crippen LogP contribution in [-0.2, 0) is 12.8 Å². The van der Waals surface area contributed by atoms with E-state index in [2.05, 4.69) is 23.2 Å². The van der Waals surface area contributed by atoms with Crippen molar-refractivity contribution in [2.75, 3.05) is 12.3 Å². The van der Waals surface area contributed by atoms with Gasteiger partial charge in [0.1, 0.15) is 9.71 Å². The fourth-order valence-electron chi connectivity index (χ4n) is 2.62. The van der Waals surface area contributed by atoms with Gasteiger partial charge in [-0.1, -0.05) is 5.92 Å². The molecule has 0 atom stereocenters. The molecule has 2 aromatic rings. The van der Waals surface area contributed by atoms with Crippen molar-refractivity contribution in [1.82, 2.24) is 10.3 Å². The van der Waals surface area contributed by atoms with Gasteiger partial charge in [-0.2, -0.15) is 0 Å². The largest absolute Gasteiger partial charge is 0.397 e. The number of carbonyl (C=O) groups is 1. The third-order valence-electron chi connectivity index (χ3n) is 3.72. The van der Waals surface area contributed by atoms with Crippen molar-refractivity contribution in [3.05, 3.63) is 22.2 Å². The van der Waals surface area contributed by atoms with Gasteiger partial charge in [0.2, 0.25) is 0 Å². The van der Waals surface area contributed by atoms with Gasteiger partial charge in [-0.3, -0.25) is 4.79 Å². The smallest absolute Gasteiger partial charge is 0.264 e. The number of nitrogens with two attached hydrogens (primary N) is 1. The van der Waals surface area contributed by atoms with E-state index in [0.717, 1.165) is 23.1 Å². The first-order valence-electron chi connectivity index (χ1n) is 7.09. The number of anilines is 1. The molecule has 5 heteroatoms. The van der Waals surface area contributed by atoms with Crippen molar-refractivity contribution in [3.8, 4) is 11.8 Å². The molecule has 0 aliphatic heterocycles. The number of thiophene rings is 1. The van der Waals surface area contributed by atoms with Crippen LogP contribution in [0.4, 0.5) is 5.69 Å². The lowest BCUT2D eigenvalue weighted by molar-refractivity contribution is 0.0963. The molecule has 0 unspecified atom stereocenters. The average Bonchev–Trinajstić information content (AvgIpc) is 2.82. The van der Waals surface area contributed by atoms with Crippen LogP contribution in [0.1, 0.15) is 40.7 Å². The molecule has 1 aliphatic carbocycles. The predicted molar refractivity (Wildman–Crippen MR) is 86.5 cm³/mol. The Morgan fingerprint density at radius 1 is 1.48 bits per heavy atom. The summed E-state index contributed by atoms with van der Waals surface area (Å²) in [5.74, 6) is 5.39. The molecule has 0 fully saturated rings. The fraction of sp³-hybridized carbons (Fsp3) is 0.375. The lowest BCUT2D eigenvalue weighted by atomic mass is 9.95. The molecule has 4 nitrogen and oxygen atoms in total. The Morgan fingerprint density at radius 2 is 2.29 bits per heavy atom. The number of nitrogen functional groups attached to an aromatic ring is 1. The number of aryl methyl sites for hydroxylation is 2. The maximum Gasteiger partial charge on any atom is 0.264 e. The normalized spacial score (nSPS) is 13.4. The Labute approximate surface area is 127 Å². The highest BCUT2D eigenvalue weighted by atomic mass is 32.1. The quantitative estimate of drug-likeness (QED) is 0.837. The van der Waals surface area contributed by atoms with Gasteiger partial charge < -0.3 is 11.1 Å². The Balaban J connectivity index is 1.98. The highest BCUT2D eigenvalue weighted by molar-refractivity contribution is 7.21. The van der Waals surface area contributed by atoms with E-state index in [0.29, 0.717) is 17.1 Å². The second-order valence-electron chi connectivity index (χ2n) is 5.11. The van der Waals surface area contributed by atoms with Gasteiger partial charge in [0.05, 0.1) is 12.2 Å². The molecule has 0 saturated heterocycles.